The average Bonchev–Trinajstić information content (AvgIpc) is 3.17. The largest absolute Gasteiger partial charge is 0.345 e. The molecule has 1 heterocycles. The number of benzene rings is 2. The van der Waals surface area contributed by atoms with Gasteiger partial charge in [-0.15, -0.1) is 0 Å². The van der Waals surface area contributed by atoms with E-state index in [2.05, 4.69) is 15.3 Å². The van der Waals surface area contributed by atoms with E-state index in [1.165, 1.54) is 38.4 Å². The van der Waals surface area contributed by atoms with Crippen molar-refractivity contribution in [2.24, 2.45) is 0 Å². The van der Waals surface area contributed by atoms with Crippen LogP contribution in [0.15, 0.2) is 66.0 Å². The fourth-order valence-electron chi connectivity index (χ4n) is 2.34. The SMILES string of the molecule is CN(C)S(=O)(=O)c1ccc(C(=O)Nc2ccc(-c3cnc[nH]3)cc2)cc1. The Bertz CT molecular complexity index is 994. The van der Waals surface area contributed by atoms with Gasteiger partial charge in [-0.05, 0) is 42.0 Å². The summed E-state index contributed by atoms with van der Waals surface area (Å²) in [7, 11) is -0.589. The molecule has 0 radical (unpaired) electrons. The number of sulfonamides is 1. The number of anilines is 1. The van der Waals surface area contributed by atoms with Crippen molar-refractivity contribution >= 4 is 21.6 Å². The zero-order chi connectivity index (χ0) is 18.7. The number of carbonyl (C=O) groups is 1. The van der Waals surface area contributed by atoms with Crippen molar-refractivity contribution in [2.75, 3.05) is 19.4 Å². The number of aromatic amines is 1. The molecule has 134 valence electrons. The minimum absolute atomic E-state index is 0.142. The molecule has 0 bridgehead atoms. The van der Waals surface area contributed by atoms with Crippen molar-refractivity contribution in [1.82, 2.24) is 14.3 Å². The van der Waals surface area contributed by atoms with E-state index in [1.807, 2.05) is 12.1 Å². The van der Waals surface area contributed by atoms with Gasteiger partial charge in [0.1, 0.15) is 0 Å². The van der Waals surface area contributed by atoms with E-state index in [9.17, 15) is 13.2 Å². The van der Waals surface area contributed by atoms with Crippen LogP contribution in [0.1, 0.15) is 10.4 Å². The van der Waals surface area contributed by atoms with Crippen LogP contribution in [0, 0.1) is 0 Å². The van der Waals surface area contributed by atoms with Crippen molar-refractivity contribution < 1.29 is 13.2 Å². The molecule has 26 heavy (non-hydrogen) atoms. The minimum Gasteiger partial charge on any atom is -0.345 e. The molecule has 0 saturated carbocycles. The third-order valence-electron chi connectivity index (χ3n) is 3.85. The van der Waals surface area contributed by atoms with Crippen LogP contribution in [-0.4, -0.2) is 42.7 Å². The summed E-state index contributed by atoms with van der Waals surface area (Å²) in [6, 6.07) is 13.1. The Balaban J connectivity index is 1.72. The Labute approximate surface area is 151 Å². The second-order valence-corrected chi connectivity index (χ2v) is 7.96. The van der Waals surface area contributed by atoms with E-state index < -0.39 is 10.0 Å². The Hall–Kier alpha value is -2.97. The van der Waals surface area contributed by atoms with Crippen LogP contribution in [0.5, 0.6) is 0 Å². The van der Waals surface area contributed by atoms with Crippen LogP contribution < -0.4 is 5.32 Å². The predicted octanol–water partition coefficient (Wildman–Crippen LogP) is 2.58. The summed E-state index contributed by atoms with van der Waals surface area (Å²) in [6.07, 6.45) is 3.32. The highest BCUT2D eigenvalue weighted by Gasteiger charge is 2.17. The Morgan fingerprint density at radius 1 is 1.04 bits per heavy atom. The first-order valence-corrected chi connectivity index (χ1v) is 9.25. The lowest BCUT2D eigenvalue weighted by Crippen LogP contribution is -2.22. The summed E-state index contributed by atoms with van der Waals surface area (Å²) in [5, 5.41) is 2.79. The van der Waals surface area contributed by atoms with Crippen molar-refractivity contribution in [1.29, 1.82) is 0 Å². The summed E-state index contributed by atoms with van der Waals surface area (Å²) >= 11 is 0. The molecule has 7 nitrogen and oxygen atoms in total. The zero-order valence-corrected chi connectivity index (χ0v) is 15.1. The van der Waals surface area contributed by atoms with Gasteiger partial charge in [-0.1, -0.05) is 12.1 Å². The third-order valence-corrected chi connectivity index (χ3v) is 5.68. The number of rotatable bonds is 5. The van der Waals surface area contributed by atoms with Crippen molar-refractivity contribution in [3.8, 4) is 11.3 Å². The number of hydrogen-bond acceptors (Lipinski definition) is 4. The highest BCUT2D eigenvalue weighted by Crippen LogP contribution is 2.20. The predicted molar refractivity (Wildman–Crippen MR) is 99.3 cm³/mol. The van der Waals surface area contributed by atoms with Crippen molar-refractivity contribution in [2.45, 2.75) is 4.90 Å². The van der Waals surface area contributed by atoms with E-state index in [4.69, 9.17) is 0 Å². The van der Waals surface area contributed by atoms with Gasteiger partial charge in [-0.2, -0.15) is 0 Å². The molecule has 3 aromatic rings. The normalized spacial score (nSPS) is 11.5. The first kappa shape index (κ1) is 17.8. The maximum absolute atomic E-state index is 12.3. The van der Waals surface area contributed by atoms with Gasteiger partial charge >= 0.3 is 0 Å². The van der Waals surface area contributed by atoms with Gasteiger partial charge in [-0.25, -0.2) is 17.7 Å². The van der Waals surface area contributed by atoms with Gasteiger partial charge in [-0.3, -0.25) is 4.79 Å². The van der Waals surface area contributed by atoms with Crippen LogP contribution in [0.2, 0.25) is 0 Å². The van der Waals surface area contributed by atoms with E-state index in [0.29, 0.717) is 11.3 Å². The summed E-state index contributed by atoms with van der Waals surface area (Å²) in [4.78, 5) is 19.5. The molecule has 0 aliphatic rings. The second kappa shape index (κ2) is 7.11. The molecule has 0 saturated heterocycles. The van der Waals surface area contributed by atoms with E-state index in [0.717, 1.165) is 15.6 Å². The molecule has 0 aliphatic heterocycles. The molecule has 0 aliphatic carbocycles. The highest BCUT2D eigenvalue weighted by molar-refractivity contribution is 7.89. The van der Waals surface area contributed by atoms with Gasteiger partial charge in [0.2, 0.25) is 10.0 Å². The number of aromatic nitrogens is 2. The van der Waals surface area contributed by atoms with Gasteiger partial charge in [0.15, 0.2) is 0 Å². The maximum Gasteiger partial charge on any atom is 0.255 e. The minimum atomic E-state index is -3.51. The smallest absolute Gasteiger partial charge is 0.255 e. The van der Waals surface area contributed by atoms with Crippen molar-refractivity contribution in [3.05, 3.63) is 66.6 Å². The zero-order valence-electron chi connectivity index (χ0n) is 14.3. The fraction of sp³-hybridized carbons (Fsp3) is 0.111. The molecular weight excluding hydrogens is 352 g/mol. The van der Waals surface area contributed by atoms with E-state index in [1.54, 1.807) is 24.7 Å². The lowest BCUT2D eigenvalue weighted by molar-refractivity contribution is 0.102. The Morgan fingerprint density at radius 3 is 2.23 bits per heavy atom. The number of carbonyl (C=O) groups excluding carboxylic acids is 1. The molecular formula is C18H18N4O3S. The molecule has 8 heteroatoms. The summed E-state index contributed by atoms with van der Waals surface area (Å²) in [5.74, 6) is -0.312. The van der Waals surface area contributed by atoms with Crippen LogP contribution >= 0.6 is 0 Å². The topological polar surface area (TPSA) is 95.2 Å². The van der Waals surface area contributed by atoms with Crippen LogP contribution in [0.4, 0.5) is 5.69 Å². The van der Waals surface area contributed by atoms with Crippen LogP contribution in [-0.2, 0) is 10.0 Å². The molecule has 0 atom stereocenters. The molecule has 0 spiro atoms. The average molecular weight is 370 g/mol. The second-order valence-electron chi connectivity index (χ2n) is 5.81. The van der Waals surface area contributed by atoms with Crippen molar-refractivity contribution in [3.63, 3.8) is 0 Å². The van der Waals surface area contributed by atoms with Gasteiger partial charge in [0.05, 0.1) is 23.1 Å². The maximum atomic E-state index is 12.3. The van der Waals surface area contributed by atoms with Crippen LogP contribution in [0.3, 0.4) is 0 Å². The first-order chi connectivity index (χ1) is 12.4. The number of amides is 1. The van der Waals surface area contributed by atoms with E-state index >= 15 is 0 Å². The molecule has 0 fully saturated rings. The molecule has 1 amide bonds. The standard InChI is InChI=1S/C18H18N4O3S/c1-22(2)26(24,25)16-9-5-14(6-10-16)18(23)21-15-7-3-13(4-8-15)17-11-19-12-20-17/h3-12H,1-2H3,(H,19,20)(H,21,23). The molecule has 1 aromatic heterocycles. The lowest BCUT2D eigenvalue weighted by Gasteiger charge is -2.11. The fourth-order valence-corrected chi connectivity index (χ4v) is 3.24. The number of imidazole rings is 1. The molecule has 0 unspecified atom stereocenters. The Kier molecular flexibility index (Phi) is 4.88. The molecule has 2 N–H and O–H groups in total. The van der Waals surface area contributed by atoms with E-state index in [-0.39, 0.29) is 10.8 Å². The number of nitrogens with zero attached hydrogens (tertiary/aromatic N) is 2. The van der Waals surface area contributed by atoms with Crippen LogP contribution in [0.25, 0.3) is 11.3 Å². The first-order valence-electron chi connectivity index (χ1n) is 7.81. The highest BCUT2D eigenvalue weighted by atomic mass is 32.2. The monoisotopic (exact) mass is 370 g/mol. The van der Waals surface area contributed by atoms with Gasteiger partial charge in [0.25, 0.3) is 5.91 Å². The number of H-pyrrole nitrogens is 1. The molecule has 2 aromatic carbocycles. The number of nitrogens with one attached hydrogen (secondary N) is 2. The number of hydrogen-bond donors (Lipinski definition) is 2. The quantitative estimate of drug-likeness (QED) is 0.722. The summed E-state index contributed by atoms with van der Waals surface area (Å²) in [5.41, 5.74) is 2.86. The third kappa shape index (κ3) is 3.66. The lowest BCUT2D eigenvalue weighted by atomic mass is 10.1. The van der Waals surface area contributed by atoms with Gasteiger partial charge in [0, 0.05) is 25.3 Å². The summed E-state index contributed by atoms with van der Waals surface area (Å²) in [6.45, 7) is 0. The van der Waals surface area contributed by atoms with Gasteiger partial charge < -0.3 is 10.3 Å². The Morgan fingerprint density at radius 2 is 1.69 bits per heavy atom. The summed E-state index contributed by atoms with van der Waals surface area (Å²) < 4.78 is 25.2. The molecule has 3 rings (SSSR count).